The summed E-state index contributed by atoms with van der Waals surface area (Å²) in [6, 6.07) is 29.7. The van der Waals surface area contributed by atoms with Crippen molar-refractivity contribution < 1.29 is 4.79 Å². The molecule has 4 rings (SSSR count). The number of carbonyl (C=O) groups excluding carboxylic acids is 1. The van der Waals surface area contributed by atoms with Crippen molar-refractivity contribution in [3.63, 3.8) is 0 Å². The van der Waals surface area contributed by atoms with Gasteiger partial charge < -0.3 is 5.32 Å². The summed E-state index contributed by atoms with van der Waals surface area (Å²) in [6.45, 7) is 1.95. The molecule has 0 bridgehead atoms. The highest BCUT2D eigenvalue weighted by molar-refractivity contribution is 5.92. The monoisotopic (exact) mass is 382 g/mol. The Morgan fingerprint density at radius 1 is 0.793 bits per heavy atom. The van der Waals surface area contributed by atoms with Crippen LogP contribution in [-0.4, -0.2) is 20.9 Å². The molecule has 0 aliphatic heterocycles. The summed E-state index contributed by atoms with van der Waals surface area (Å²) >= 11 is 0. The van der Waals surface area contributed by atoms with E-state index in [9.17, 15) is 4.79 Å². The SMILES string of the molecule is C[C@H](NC(=O)c1cn(C(c2ccccc2)c2ccccc2)nn1)c1ccccc1. The van der Waals surface area contributed by atoms with Crippen molar-refractivity contribution in [1.82, 2.24) is 20.3 Å². The number of hydrogen-bond acceptors (Lipinski definition) is 3. The summed E-state index contributed by atoms with van der Waals surface area (Å²) in [5.74, 6) is -0.243. The summed E-state index contributed by atoms with van der Waals surface area (Å²) in [4.78, 5) is 12.7. The zero-order valence-corrected chi connectivity index (χ0v) is 16.1. The maximum absolute atomic E-state index is 12.7. The van der Waals surface area contributed by atoms with E-state index in [4.69, 9.17) is 0 Å². The van der Waals surface area contributed by atoms with Gasteiger partial charge in [0.1, 0.15) is 6.04 Å². The molecule has 1 atom stereocenters. The molecule has 1 aromatic heterocycles. The molecule has 144 valence electrons. The lowest BCUT2D eigenvalue weighted by Crippen LogP contribution is -2.27. The summed E-state index contributed by atoms with van der Waals surface area (Å²) in [6.07, 6.45) is 1.71. The van der Waals surface area contributed by atoms with Crippen LogP contribution in [0.1, 0.15) is 46.2 Å². The van der Waals surface area contributed by atoms with Gasteiger partial charge in [-0.3, -0.25) is 4.79 Å². The van der Waals surface area contributed by atoms with Crippen molar-refractivity contribution in [1.29, 1.82) is 0 Å². The molecule has 3 aromatic carbocycles. The Morgan fingerprint density at radius 3 is 1.79 bits per heavy atom. The molecule has 4 aromatic rings. The summed E-state index contributed by atoms with van der Waals surface area (Å²) in [5.41, 5.74) is 3.49. The van der Waals surface area contributed by atoms with Crippen LogP contribution >= 0.6 is 0 Å². The standard InChI is InChI=1S/C24H22N4O/c1-18(19-11-5-2-6-12-19)25-24(29)22-17-28(27-26-22)23(20-13-7-3-8-14-20)21-15-9-4-10-16-21/h2-18,23H,1H3,(H,25,29)/t18-/m0/s1. The van der Waals surface area contributed by atoms with Gasteiger partial charge in [-0.2, -0.15) is 0 Å². The molecule has 0 radical (unpaired) electrons. The lowest BCUT2D eigenvalue weighted by atomic mass is 9.99. The minimum atomic E-state index is -0.243. The van der Waals surface area contributed by atoms with E-state index >= 15 is 0 Å². The Kier molecular flexibility index (Phi) is 5.47. The number of amides is 1. The second-order valence-corrected chi connectivity index (χ2v) is 6.91. The molecule has 1 amide bonds. The fourth-order valence-corrected chi connectivity index (χ4v) is 3.37. The predicted molar refractivity (Wildman–Crippen MR) is 112 cm³/mol. The van der Waals surface area contributed by atoms with Crippen LogP contribution in [-0.2, 0) is 0 Å². The highest BCUT2D eigenvalue weighted by Crippen LogP contribution is 2.25. The molecular weight excluding hydrogens is 360 g/mol. The smallest absolute Gasteiger partial charge is 0.273 e. The molecule has 0 saturated carbocycles. The number of nitrogens with one attached hydrogen (secondary N) is 1. The highest BCUT2D eigenvalue weighted by Gasteiger charge is 2.21. The van der Waals surface area contributed by atoms with Gasteiger partial charge in [0.2, 0.25) is 0 Å². The van der Waals surface area contributed by atoms with Crippen molar-refractivity contribution in [3.05, 3.63) is 120 Å². The van der Waals surface area contributed by atoms with Gasteiger partial charge in [-0.05, 0) is 23.6 Å². The maximum atomic E-state index is 12.7. The normalized spacial score (nSPS) is 11.9. The molecule has 1 N–H and O–H groups in total. The summed E-state index contributed by atoms with van der Waals surface area (Å²) < 4.78 is 1.74. The Morgan fingerprint density at radius 2 is 1.28 bits per heavy atom. The molecule has 1 heterocycles. The van der Waals surface area contributed by atoms with Crippen LogP contribution < -0.4 is 5.32 Å². The maximum Gasteiger partial charge on any atom is 0.273 e. The fourth-order valence-electron chi connectivity index (χ4n) is 3.37. The van der Waals surface area contributed by atoms with E-state index in [0.29, 0.717) is 5.69 Å². The van der Waals surface area contributed by atoms with Gasteiger partial charge in [0.25, 0.3) is 5.91 Å². The van der Waals surface area contributed by atoms with E-state index in [-0.39, 0.29) is 18.0 Å². The molecule has 0 unspecified atom stereocenters. The third-order valence-electron chi connectivity index (χ3n) is 4.89. The number of benzene rings is 3. The number of aromatic nitrogens is 3. The molecule has 0 saturated heterocycles. The first-order chi connectivity index (χ1) is 14.2. The minimum absolute atomic E-state index is 0.118. The number of hydrogen-bond donors (Lipinski definition) is 1. The Bertz CT molecular complexity index is 1020. The van der Waals surface area contributed by atoms with Crippen LogP contribution in [0.2, 0.25) is 0 Å². The predicted octanol–water partition coefficient (Wildman–Crippen LogP) is 4.41. The van der Waals surface area contributed by atoms with E-state index in [1.807, 2.05) is 73.7 Å². The van der Waals surface area contributed by atoms with Crippen LogP contribution in [0.15, 0.2) is 97.2 Å². The third kappa shape index (κ3) is 4.24. The number of carbonyl (C=O) groups is 1. The Labute approximate surface area is 170 Å². The first kappa shape index (κ1) is 18.6. The number of nitrogens with zero attached hydrogens (tertiary/aromatic N) is 3. The van der Waals surface area contributed by atoms with Gasteiger partial charge in [0, 0.05) is 0 Å². The second-order valence-electron chi connectivity index (χ2n) is 6.91. The molecule has 29 heavy (non-hydrogen) atoms. The van der Waals surface area contributed by atoms with Crippen molar-refractivity contribution in [2.24, 2.45) is 0 Å². The summed E-state index contributed by atoms with van der Waals surface area (Å²) in [5, 5.41) is 11.4. The molecule has 0 fully saturated rings. The van der Waals surface area contributed by atoms with E-state index in [1.165, 1.54) is 0 Å². The van der Waals surface area contributed by atoms with Crippen molar-refractivity contribution in [2.45, 2.75) is 19.0 Å². The van der Waals surface area contributed by atoms with Crippen molar-refractivity contribution in [3.8, 4) is 0 Å². The largest absolute Gasteiger partial charge is 0.344 e. The quantitative estimate of drug-likeness (QED) is 0.537. The van der Waals surface area contributed by atoms with Gasteiger partial charge in [0.05, 0.1) is 12.2 Å². The Balaban J connectivity index is 1.60. The molecule has 0 spiro atoms. The van der Waals surface area contributed by atoms with E-state index < -0.39 is 0 Å². The molecule has 0 aliphatic rings. The minimum Gasteiger partial charge on any atom is -0.344 e. The highest BCUT2D eigenvalue weighted by atomic mass is 16.2. The molecular formula is C24H22N4O. The third-order valence-corrected chi connectivity index (χ3v) is 4.89. The topological polar surface area (TPSA) is 59.8 Å². The second kappa shape index (κ2) is 8.52. The van der Waals surface area contributed by atoms with Crippen LogP contribution in [0.4, 0.5) is 0 Å². The average Bonchev–Trinajstić information content (AvgIpc) is 3.26. The molecule has 0 aliphatic carbocycles. The molecule has 5 heteroatoms. The van der Waals surface area contributed by atoms with Crippen molar-refractivity contribution in [2.75, 3.05) is 0 Å². The van der Waals surface area contributed by atoms with E-state index in [1.54, 1.807) is 10.9 Å². The summed E-state index contributed by atoms with van der Waals surface area (Å²) in [7, 11) is 0. The van der Waals surface area contributed by atoms with Crippen LogP contribution in [0.25, 0.3) is 0 Å². The fraction of sp³-hybridized carbons (Fsp3) is 0.125. The zero-order chi connectivity index (χ0) is 20.1. The lowest BCUT2D eigenvalue weighted by Gasteiger charge is -2.18. The average molecular weight is 382 g/mol. The van der Waals surface area contributed by atoms with Gasteiger partial charge in [-0.1, -0.05) is 96.2 Å². The van der Waals surface area contributed by atoms with Crippen molar-refractivity contribution >= 4 is 5.91 Å². The number of rotatable bonds is 6. The van der Waals surface area contributed by atoms with E-state index in [2.05, 4.69) is 39.9 Å². The van der Waals surface area contributed by atoms with Crippen LogP contribution in [0.5, 0.6) is 0 Å². The zero-order valence-electron chi connectivity index (χ0n) is 16.1. The van der Waals surface area contributed by atoms with E-state index in [0.717, 1.165) is 16.7 Å². The van der Waals surface area contributed by atoms with Crippen LogP contribution in [0.3, 0.4) is 0 Å². The lowest BCUT2D eigenvalue weighted by molar-refractivity contribution is 0.0934. The van der Waals surface area contributed by atoms with Crippen LogP contribution in [0, 0.1) is 0 Å². The van der Waals surface area contributed by atoms with Gasteiger partial charge in [-0.25, -0.2) is 4.68 Å². The van der Waals surface area contributed by atoms with Gasteiger partial charge >= 0.3 is 0 Å². The van der Waals surface area contributed by atoms with Gasteiger partial charge in [0.15, 0.2) is 5.69 Å². The molecule has 5 nitrogen and oxygen atoms in total. The van der Waals surface area contributed by atoms with Gasteiger partial charge in [-0.15, -0.1) is 5.10 Å². The Hall–Kier alpha value is -3.73. The first-order valence-corrected chi connectivity index (χ1v) is 9.60. The first-order valence-electron chi connectivity index (χ1n) is 9.60.